The predicted octanol–water partition coefficient (Wildman–Crippen LogP) is 3.72. The molecule has 94 valence electrons. The number of pyridine rings is 1. The van der Waals surface area contributed by atoms with E-state index in [1.807, 2.05) is 18.2 Å². The minimum Gasteiger partial charge on any atom is -0.398 e. The fraction of sp³-hybridized carbons (Fsp3) is 0.308. The number of alkyl halides is 1. The maximum atomic E-state index is 6.31. The first-order valence-electron chi connectivity index (χ1n) is 5.86. The number of aromatic nitrogens is 1. The van der Waals surface area contributed by atoms with Crippen LogP contribution < -0.4 is 10.6 Å². The van der Waals surface area contributed by atoms with Crippen molar-refractivity contribution in [3.05, 3.63) is 28.2 Å². The molecule has 1 aromatic carbocycles. The molecule has 3 rings (SSSR count). The smallest absolute Gasteiger partial charge is 0.135 e. The quantitative estimate of drug-likeness (QED) is 0.436. The summed E-state index contributed by atoms with van der Waals surface area (Å²) in [7, 11) is 0. The summed E-state index contributed by atoms with van der Waals surface area (Å²) in [6, 6.07) is 6.08. The molecular formula is C13H13BrIN3. The molecule has 3 nitrogen and oxygen atoms in total. The van der Waals surface area contributed by atoms with Crippen molar-refractivity contribution in [1.29, 1.82) is 0 Å². The van der Waals surface area contributed by atoms with E-state index in [-0.39, 0.29) is 0 Å². The molecule has 0 saturated heterocycles. The van der Waals surface area contributed by atoms with Gasteiger partial charge in [-0.25, -0.2) is 4.98 Å². The van der Waals surface area contributed by atoms with Gasteiger partial charge in [0.2, 0.25) is 0 Å². The van der Waals surface area contributed by atoms with Gasteiger partial charge in [0.05, 0.1) is 9.57 Å². The summed E-state index contributed by atoms with van der Waals surface area (Å²) < 4.78 is 1.48. The Kier molecular flexibility index (Phi) is 3.13. The van der Waals surface area contributed by atoms with Crippen molar-refractivity contribution in [2.75, 3.05) is 17.2 Å². The van der Waals surface area contributed by atoms with E-state index < -0.39 is 0 Å². The van der Waals surface area contributed by atoms with Crippen molar-refractivity contribution in [3.8, 4) is 0 Å². The molecule has 1 aliphatic heterocycles. The maximum absolute atomic E-state index is 6.31. The van der Waals surface area contributed by atoms with E-state index in [9.17, 15) is 0 Å². The second-order valence-corrected chi connectivity index (χ2v) is 7.22. The van der Waals surface area contributed by atoms with Gasteiger partial charge >= 0.3 is 0 Å². The highest BCUT2D eigenvalue weighted by Gasteiger charge is 2.26. The number of nitrogens with two attached hydrogens (primary N) is 1. The molecule has 1 aromatic heterocycles. The molecule has 0 aliphatic carbocycles. The zero-order valence-electron chi connectivity index (χ0n) is 9.95. The molecule has 1 unspecified atom stereocenters. The number of nitrogens with zero attached hydrogens (tertiary/aromatic N) is 2. The highest BCUT2D eigenvalue weighted by molar-refractivity contribution is 14.1. The van der Waals surface area contributed by atoms with Crippen LogP contribution in [0.15, 0.2) is 22.7 Å². The minimum atomic E-state index is 0.434. The second-order valence-electron chi connectivity index (χ2n) is 4.51. The van der Waals surface area contributed by atoms with E-state index in [2.05, 4.69) is 50.3 Å². The SMILES string of the molecule is CC(I)N1CCc2c1nc1ccc(Br)cc1c2N. The summed E-state index contributed by atoms with van der Waals surface area (Å²) in [5.74, 6) is 1.06. The van der Waals surface area contributed by atoms with Crippen LogP contribution in [-0.4, -0.2) is 15.6 Å². The summed E-state index contributed by atoms with van der Waals surface area (Å²) in [4.78, 5) is 7.09. The predicted molar refractivity (Wildman–Crippen MR) is 88.4 cm³/mol. The van der Waals surface area contributed by atoms with Gasteiger partial charge in [0.1, 0.15) is 5.82 Å². The Bertz CT molecular complexity index is 627. The fourth-order valence-corrected chi connectivity index (χ4v) is 3.36. The van der Waals surface area contributed by atoms with Crippen molar-refractivity contribution in [2.45, 2.75) is 17.4 Å². The lowest BCUT2D eigenvalue weighted by Crippen LogP contribution is -2.26. The third-order valence-electron chi connectivity index (χ3n) is 3.37. The van der Waals surface area contributed by atoms with E-state index in [4.69, 9.17) is 10.7 Å². The molecule has 2 aromatic rings. The normalized spacial score (nSPS) is 16.1. The van der Waals surface area contributed by atoms with Crippen LogP contribution in [0.2, 0.25) is 0 Å². The Morgan fingerprint density at radius 2 is 2.28 bits per heavy atom. The first-order chi connectivity index (χ1) is 8.58. The molecule has 0 amide bonds. The van der Waals surface area contributed by atoms with Crippen molar-refractivity contribution < 1.29 is 0 Å². The van der Waals surface area contributed by atoms with Crippen LogP contribution in [0.1, 0.15) is 12.5 Å². The number of hydrogen-bond acceptors (Lipinski definition) is 3. The van der Waals surface area contributed by atoms with Gasteiger partial charge in [-0.2, -0.15) is 0 Å². The number of fused-ring (bicyclic) bond motifs is 2. The largest absolute Gasteiger partial charge is 0.398 e. The van der Waals surface area contributed by atoms with Crippen LogP contribution in [0.5, 0.6) is 0 Å². The first kappa shape index (κ1) is 12.5. The number of hydrogen-bond donors (Lipinski definition) is 1. The molecule has 5 heteroatoms. The third kappa shape index (κ3) is 1.87. The Morgan fingerprint density at radius 3 is 3.00 bits per heavy atom. The van der Waals surface area contributed by atoms with Crippen molar-refractivity contribution in [1.82, 2.24) is 4.98 Å². The van der Waals surface area contributed by atoms with Crippen molar-refractivity contribution in [3.63, 3.8) is 0 Å². The van der Waals surface area contributed by atoms with Gasteiger partial charge in [-0.3, -0.25) is 0 Å². The van der Waals surface area contributed by atoms with Gasteiger partial charge < -0.3 is 10.6 Å². The number of rotatable bonds is 1. The van der Waals surface area contributed by atoms with Gasteiger partial charge in [-0.1, -0.05) is 38.5 Å². The summed E-state index contributed by atoms with van der Waals surface area (Å²) in [5, 5.41) is 1.05. The molecule has 1 atom stereocenters. The Morgan fingerprint density at radius 1 is 1.50 bits per heavy atom. The summed E-state index contributed by atoms with van der Waals surface area (Å²) >= 11 is 5.91. The van der Waals surface area contributed by atoms with Crippen molar-refractivity contribution >= 4 is 60.9 Å². The molecule has 1 aliphatic rings. The van der Waals surface area contributed by atoms with Gasteiger partial charge in [0, 0.05) is 27.7 Å². The van der Waals surface area contributed by atoms with Crippen LogP contribution in [-0.2, 0) is 6.42 Å². The Labute approximate surface area is 128 Å². The number of nitrogen functional groups attached to an aromatic ring is 1. The molecule has 18 heavy (non-hydrogen) atoms. The average molecular weight is 418 g/mol. The Hall–Kier alpha value is -0.560. The first-order valence-corrected chi connectivity index (χ1v) is 7.90. The van der Waals surface area contributed by atoms with Crippen LogP contribution in [0, 0.1) is 0 Å². The number of benzene rings is 1. The standard InChI is InChI=1S/C13H13BrIN3/c1-7(15)18-5-4-9-12(16)10-6-8(14)2-3-11(10)17-13(9)18/h2-3,6-7H,4-5H2,1H3,(H2,16,17). The number of halogens is 2. The molecule has 0 radical (unpaired) electrons. The van der Waals surface area contributed by atoms with Crippen LogP contribution in [0.4, 0.5) is 11.5 Å². The van der Waals surface area contributed by atoms with Gasteiger partial charge in [-0.15, -0.1) is 0 Å². The molecule has 0 fully saturated rings. The lowest BCUT2D eigenvalue weighted by molar-refractivity contribution is 0.839. The van der Waals surface area contributed by atoms with E-state index in [1.54, 1.807) is 0 Å². The monoisotopic (exact) mass is 417 g/mol. The fourth-order valence-electron chi connectivity index (χ4n) is 2.45. The van der Waals surface area contributed by atoms with E-state index in [0.717, 1.165) is 39.8 Å². The van der Waals surface area contributed by atoms with Crippen LogP contribution >= 0.6 is 38.5 Å². The molecule has 0 bridgehead atoms. The second kappa shape index (κ2) is 4.52. The van der Waals surface area contributed by atoms with Crippen LogP contribution in [0.25, 0.3) is 10.9 Å². The summed E-state index contributed by atoms with van der Waals surface area (Å²) in [6.07, 6.45) is 0.990. The minimum absolute atomic E-state index is 0.434. The lowest BCUT2D eigenvalue weighted by atomic mass is 10.1. The average Bonchev–Trinajstić information content (AvgIpc) is 2.74. The van der Waals surface area contributed by atoms with Crippen molar-refractivity contribution in [2.24, 2.45) is 0 Å². The number of anilines is 2. The van der Waals surface area contributed by atoms with E-state index in [1.165, 1.54) is 5.56 Å². The third-order valence-corrected chi connectivity index (χ3v) is 4.54. The Balaban J connectivity index is 2.27. The molecule has 2 N–H and O–H groups in total. The molecule has 2 heterocycles. The zero-order chi connectivity index (χ0) is 12.9. The summed E-state index contributed by atoms with van der Waals surface area (Å²) in [5.41, 5.74) is 9.37. The zero-order valence-corrected chi connectivity index (χ0v) is 13.7. The van der Waals surface area contributed by atoms with Gasteiger partial charge in [0.15, 0.2) is 0 Å². The molecular weight excluding hydrogens is 405 g/mol. The van der Waals surface area contributed by atoms with E-state index in [0.29, 0.717) is 4.05 Å². The van der Waals surface area contributed by atoms with Gasteiger partial charge in [0.25, 0.3) is 0 Å². The maximum Gasteiger partial charge on any atom is 0.135 e. The molecule has 0 saturated carbocycles. The topological polar surface area (TPSA) is 42.2 Å². The lowest BCUT2D eigenvalue weighted by Gasteiger charge is -2.22. The highest BCUT2D eigenvalue weighted by Crippen LogP contribution is 2.37. The summed E-state index contributed by atoms with van der Waals surface area (Å²) in [6.45, 7) is 3.19. The molecule has 0 spiro atoms. The highest BCUT2D eigenvalue weighted by atomic mass is 127. The van der Waals surface area contributed by atoms with Gasteiger partial charge in [-0.05, 0) is 31.5 Å². The van der Waals surface area contributed by atoms with Crippen LogP contribution in [0.3, 0.4) is 0 Å². The van der Waals surface area contributed by atoms with E-state index >= 15 is 0 Å².